The van der Waals surface area contributed by atoms with Crippen molar-refractivity contribution in [3.8, 4) is 0 Å². The molecular weight excluding hydrogens is 476 g/mol. The first-order valence-electron chi connectivity index (χ1n) is 7.91. The molecule has 0 heterocycles. The van der Waals surface area contributed by atoms with Crippen molar-refractivity contribution in [2.24, 2.45) is 0 Å². The van der Waals surface area contributed by atoms with E-state index in [1.165, 1.54) is 0 Å². The average Bonchev–Trinajstić information content (AvgIpc) is 2.26. The molecule has 0 aromatic heterocycles. The number of rotatable bonds is 6. The van der Waals surface area contributed by atoms with E-state index < -0.39 is 0 Å². The topological polar surface area (TPSA) is 173 Å². The van der Waals surface area contributed by atoms with Crippen molar-refractivity contribution in [1.29, 1.82) is 0 Å². The molecule has 0 aliphatic carbocycles. The zero-order valence-corrected chi connectivity index (χ0v) is 23.4. The van der Waals surface area contributed by atoms with Crippen LogP contribution in [0.2, 0.25) is 0 Å². The van der Waals surface area contributed by atoms with Crippen molar-refractivity contribution in [2.45, 2.75) is 97.4 Å². The maximum atomic E-state index is 8.56. The normalized spacial score (nSPS) is 14.4. The number of aliphatic hydroxyl groups is 7. The van der Waals surface area contributed by atoms with Crippen LogP contribution in [0.25, 0.3) is 0 Å². The molecule has 0 saturated carbocycles. The monoisotopic (exact) mass is 521 g/mol. The first-order valence-corrected chi connectivity index (χ1v) is 7.91. The molecule has 6 atom stereocenters. The molecule has 0 aromatic carbocycles. The van der Waals surface area contributed by atoms with Crippen LogP contribution in [0.4, 0.5) is 0 Å². The summed E-state index contributed by atoms with van der Waals surface area (Å²) in [7, 11) is 1.00. The Bertz CT molecular complexity index is 158. The molecule has 0 fully saturated rings. The fourth-order valence-electron chi connectivity index (χ4n) is 1.48. The van der Waals surface area contributed by atoms with Gasteiger partial charge in [-0.1, -0.05) is 0 Å². The van der Waals surface area contributed by atoms with E-state index in [4.69, 9.17) is 35.7 Å². The Morgan fingerprint density at radius 3 is 0.500 bits per heavy atom. The van der Waals surface area contributed by atoms with Crippen molar-refractivity contribution in [3.63, 3.8) is 0 Å². The van der Waals surface area contributed by atoms with E-state index in [0.717, 1.165) is 7.11 Å². The molecule has 28 heavy (non-hydrogen) atoms. The summed E-state index contributed by atoms with van der Waals surface area (Å²) in [5.74, 6) is 0. The second-order valence-corrected chi connectivity index (χ2v) is 5.80. The van der Waals surface area contributed by atoms with Gasteiger partial charge >= 0.3 is 0 Å². The molecule has 0 saturated heterocycles. The van der Waals surface area contributed by atoms with E-state index in [0.29, 0.717) is 19.3 Å². The van der Waals surface area contributed by atoms with Crippen LogP contribution in [-0.2, 0) is 65.2 Å². The maximum Gasteiger partial charge on any atom is 0.0536 e. The van der Waals surface area contributed by atoms with E-state index in [1.807, 2.05) is 0 Å². The van der Waals surface area contributed by atoms with E-state index >= 15 is 0 Å². The van der Waals surface area contributed by atoms with E-state index in [-0.39, 0.29) is 115 Å². The van der Waals surface area contributed by atoms with Crippen molar-refractivity contribution in [1.82, 2.24) is 0 Å². The van der Waals surface area contributed by atoms with E-state index in [9.17, 15) is 0 Å². The SMILES string of the molecule is CC(O)CC(C)O.CC(O)CC(C)O.CC(O)CC(C)O.CO.O.[CH3-].[Ti].[Ti].[Ti]. The predicted octanol–water partition coefficient (Wildman–Crippen LogP) is -0.359. The Kier molecular flexibility index (Phi) is 87.4. The van der Waals surface area contributed by atoms with Gasteiger partial charge < -0.3 is 48.6 Å². The Morgan fingerprint density at radius 2 is 0.500 bits per heavy atom. The van der Waals surface area contributed by atoms with Gasteiger partial charge in [0.05, 0.1) is 36.6 Å². The summed E-state index contributed by atoms with van der Waals surface area (Å²) in [5, 5.41) is 58.4. The van der Waals surface area contributed by atoms with Gasteiger partial charge in [-0.25, -0.2) is 0 Å². The summed E-state index contributed by atoms with van der Waals surface area (Å²) in [5.41, 5.74) is 0. The molecule has 0 amide bonds. The zero-order valence-electron chi connectivity index (χ0n) is 18.7. The summed E-state index contributed by atoms with van der Waals surface area (Å²) in [6.45, 7) is 9.96. The second-order valence-electron chi connectivity index (χ2n) is 5.80. The molecule has 6 unspecified atom stereocenters. The largest absolute Gasteiger partial charge is 0.412 e. The van der Waals surface area contributed by atoms with Crippen molar-refractivity contribution in [2.75, 3.05) is 7.11 Å². The van der Waals surface area contributed by atoms with E-state index in [2.05, 4.69) is 0 Å². The molecule has 174 valence electrons. The third kappa shape index (κ3) is 105. The van der Waals surface area contributed by atoms with Crippen LogP contribution in [0.3, 0.4) is 0 Å². The molecule has 9 N–H and O–H groups in total. The van der Waals surface area contributed by atoms with Crippen LogP contribution in [0.15, 0.2) is 0 Å². The Morgan fingerprint density at radius 1 is 0.429 bits per heavy atom. The number of hydrogen-bond acceptors (Lipinski definition) is 7. The molecule has 0 aromatic rings. The molecule has 0 rings (SSSR count). The molecule has 11 heteroatoms. The minimum Gasteiger partial charge on any atom is -0.412 e. The van der Waals surface area contributed by atoms with Crippen LogP contribution in [0.5, 0.6) is 0 Å². The Balaban J connectivity index is -0.0000000243. The maximum absolute atomic E-state index is 8.56. The summed E-state index contributed by atoms with van der Waals surface area (Å²) in [4.78, 5) is 0. The number of hydrogen-bond donors (Lipinski definition) is 7. The van der Waals surface area contributed by atoms with Gasteiger partial charge in [-0.2, -0.15) is 0 Å². The van der Waals surface area contributed by atoms with Gasteiger partial charge in [0.1, 0.15) is 0 Å². The molecule has 0 bridgehead atoms. The minimum absolute atomic E-state index is 0. The van der Waals surface area contributed by atoms with Gasteiger partial charge in [0.25, 0.3) is 0 Å². The molecule has 8 nitrogen and oxygen atoms in total. The Hall–Kier alpha value is 1.82. The van der Waals surface area contributed by atoms with Gasteiger partial charge in [-0.15, -0.1) is 0 Å². The predicted molar refractivity (Wildman–Crippen MR) is 102 cm³/mol. The third-order valence-corrected chi connectivity index (χ3v) is 2.05. The fourth-order valence-corrected chi connectivity index (χ4v) is 1.48. The molecule has 0 aliphatic rings. The van der Waals surface area contributed by atoms with Crippen LogP contribution in [0.1, 0.15) is 60.8 Å². The second kappa shape index (κ2) is 42.8. The Labute approximate surface area is 217 Å². The van der Waals surface area contributed by atoms with Crippen molar-refractivity contribution < 1.29 is 106 Å². The summed E-state index contributed by atoms with van der Waals surface area (Å²) in [6.07, 6.45) is -0.833. The standard InChI is InChI=1S/3C5H12O2.CH4O.CH3.H2O.3Ti/c3*1-4(6)3-5(2)7;1-2;;;;;/h3*4-7H,3H2,1-2H3;2H,1H3;1H3;1H2;;;/q;;;;-1;;;;. The van der Waals surface area contributed by atoms with Crippen LogP contribution in [-0.4, -0.2) is 85.0 Å². The van der Waals surface area contributed by atoms with Crippen LogP contribution in [0, 0.1) is 7.43 Å². The van der Waals surface area contributed by atoms with Gasteiger partial charge in [0, 0.05) is 72.3 Å². The smallest absolute Gasteiger partial charge is 0.0536 e. The molecule has 0 spiro atoms. The first kappa shape index (κ1) is 57.1. The molecule has 0 radical (unpaired) electrons. The quantitative estimate of drug-likeness (QED) is 0.185. The first-order chi connectivity index (χ1) is 10.4. The summed E-state index contributed by atoms with van der Waals surface area (Å²) in [6, 6.07) is 0. The summed E-state index contributed by atoms with van der Waals surface area (Å²) >= 11 is 0. The number of aliphatic hydroxyl groups excluding tert-OH is 7. The third-order valence-electron chi connectivity index (χ3n) is 2.05. The van der Waals surface area contributed by atoms with Crippen molar-refractivity contribution >= 4 is 0 Å². The van der Waals surface area contributed by atoms with Crippen molar-refractivity contribution in [3.05, 3.63) is 7.43 Å². The molecule has 0 aliphatic heterocycles. The van der Waals surface area contributed by atoms with Gasteiger partial charge in [-0.05, 0) is 60.8 Å². The van der Waals surface area contributed by atoms with Gasteiger partial charge in [0.2, 0.25) is 0 Å². The average molecular weight is 521 g/mol. The van der Waals surface area contributed by atoms with Crippen LogP contribution < -0.4 is 0 Å². The van der Waals surface area contributed by atoms with E-state index in [1.54, 1.807) is 41.5 Å². The van der Waals surface area contributed by atoms with Gasteiger partial charge in [-0.3, -0.25) is 0 Å². The minimum atomic E-state index is -0.375. The molecular formula is C17H45O8Ti3-. The fraction of sp³-hybridized carbons (Fsp3) is 0.941. The summed E-state index contributed by atoms with van der Waals surface area (Å²) < 4.78 is 0. The zero-order chi connectivity index (χ0) is 19.6. The van der Waals surface area contributed by atoms with Crippen LogP contribution >= 0.6 is 0 Å². The van der Waals surface area contributed by atoms with Gasteiger partial charge in [0.15, 0.2) is 0 Å².